The van der Waals surface area contributed by atoms with Crippen molar-refractivity contribution in [2.45, 2.75) is 38.1 Å². The number of amides is 1. The zero-order valence-electron chi connectivity index (χ0n) is 23.4. The minimum Gasteiger partial charge on any atom is -0.493 e. The van der Waals surface area contributed by atoms with Gasteiger partial charge in [-0.2, -0.15) is 4.31 Å². The number of aryl methyl sites for hydroxylation is 1. The first-order valence-electron chi connectivity index (χ1n) is 13.3. The maximum Gasteiger partial charge on any atom is 0.244 e. The number of ether oxygens (including phenoxy) is 2. The van der Waals surface area contributed by atoms with Crippen LogP contribution in [0.25, 0.3) is 10.8 Å². The third kappa shape index (κ3) is 6.83. The molecule has 0 saturated heterocycles. The topological polar surface area (TPSA) is 76.2 Å². The van der Waals surface area contributed by atoms with E-state index in [4.69, 9.17) is 9.47 Å². The second-order valence-electron chi connectivity index (χ2n) is 9.58. The van der Waals surface area contributed by atoms with Crippen molar-refractivity contribution in [3.8, 4) is 11.5 Å². The third-order valence-corrected chi connectivity index (χ3v) is 9.65. The highest BCUT2D eigenvalue weighted by molar-refractivity contribution is 7.89. The molecule has 0 N–H and O–H groups in total. The normalized spacial score (nSPS) is 11.6. The van der Waals surface area contributed by atoms with Gasteiger partial charge in [-0.15, -0.1) is 11.3 Å². The maximum absolute atomic E-state index is 13.9. The Hall–Kier alpha value is -3.40. The smallest absolute Gasteiger partial charge is 0.244 e. The first-order chi connectivity index (χ1) is 19.3. The second kappa shape index (κ2) is 13.3. The summed E-state index contributed by atoms with van der Waals surface area (Å²) in [6.07, 6.45) is 1.17. The van der Waals surface area contributed by atoms with Crippen LogP contribution in [0.2, 0.25) is 0 Å². The summed E-state index contributed by atoms with van der Waals surface area (Å²) in [6, 6.07) is 22.4. The highest BCUT2D eigenvalue weighted by Crippen LogP contribution is 2.29. The van der Waals surface area contributed by atoms with Crippen molar-refractivity contribution < 1.29 is 22.7 Å². The molecule has 3 aromatic carbocycles. The van der Waals surface area contributed by atoms with Crippen molar-refractivity contribution in [3.63, 3.8) is 0 Å². The maximum atomic E-state index is 13.9. The van der Waals surface area contributed by atoms with E-state index < -0.39 is 10.0 Å². The van der Waals surface area contributed by atoms with Gasteiger partial charge in [-0.05, 0) is 61.0 Å². The zero-order valence-corrected chi connectivity index (χ0v) is 25.1. The summed E-state index contributed by atoms with van der Waals surface area (Å²) in [7, 11) is -0.728. The Morgan fingerprint density at radius 3 is 2.35 bits per heavy atom. The Morgan fingerprint density at radius 1 is 0.900 bits per heavy atom. The predicted molar refractivity (Wildman–Crippen MR) is 161 cm³/mol. The molecule has 1 amide bonds. The van der Waals surface area contributed by atoms with Gasteiger partial charge in [0.25, 0.3) is 0 Å². The van der Waals surface area contributed by atoms with Crippen LogP contribution >= 0.6 is 11.3 Å². The quantitative estimate of drug-likeness (QED) is 0.197. The van der Waals surface area contributed by atoms with E-state index in [2.05, 4.69) is 0 Å². The summed E-state index contributed by atoms with van der Waals surface area (Å²) in [5.41, 5.74) is 0.992. The highest BCUT2D eigenvalue weighted by Gasteiger charge is 2.29. The number of rotatable bonds is 13. The average molecular weight is 581 g/mol. The average Bonchev–Trinajstić information content (AvgIpc) is 3.38. The van der Waals surface area contributed by atoms with Crippen LogP contribution in [0, 0.1) is 6.92 Å². The fourth-order valence-corrected chi connectivity index (χ4v) is 7.30. The number of hydrogen-bond acceptors (Lipinski definition) is 6. The van der Waals surface area contributed by atoms with Gasteiger partial charge in [0.1, 0.15) is 0 Å². The second-order valence-corrected chi connectivity index (χ2v) is 12.9. The lowest BCUT2D eigenvalue weighted by Crippen LogP contribution is -2.43. The van der Waals surface area contributed by atoms with Gasteiger partial charge in [0.05, 0.1) is 32.2 Å². The Labute approximate surface area is 241 Å². The largest absolute Gasteiger partial charge is 0.493 e. The van der Waals surface area contributed by atoms with Gasteiger partial charge in [0, 0.05) is 28.2 Å². The van der Waals surface area contributed by atoms with Crippen LogP contribution in [0.15, 0.2) is 77.7 Å². The lowest BCUT2D eigenvalue weighted by atomic mass is 10.1. The molecule has 0 fully saturated rings. The molecule has 0 atom stereocenters. The number of thiophene rings is 1. The van der Waals surface area contributed by atoms with E-state index in [-0.39, 0.29) is 23.9 Å². The van der Waals surface area contributed by atoms with Crippen LogP contribution in [0.1, 0.15) is 28.7 Å². The number of benzene rings is 3. The van der Waals surface area contributed by atoms with E-state index >= 15 is 0 Å². The molecule has 0 spiro atoms. The van der Waals surface area contributed by atoms with Gasteiger partial charge in [-0.1, -0.05) is 49.4 Å². The molecule has 0 unspecified atom stereocenters. The lowest BCUT2D eigenvalue weighted by Gasteiger charge is -2.27. The lowest BCUT2D eigenvalue weighted by molar-refractivity contribution is -0.132. The molecule has 7 nitrogen and oxygen atoms in total. The molecule has 0 aliphatic carbocycles. The monoisotopic (exact) mass is 580 g/mol. The van der Waals surface area contributed by atoms with E-state index in [1.54, 1.807) is 42.6 Å². The van der Waals surface area contributed by atoms with Gasteiger partial charge in [-0.3, -0.25) is 4.79 Å². The van der Waals surface area contributed by atoms with E-state index in [0.717, 1.165) is 20.7 Å². The molecule has 0 radical (unpaired) electrons. The zero-order chi connectivity index (χ0) is 28.7. The number of sulfonamides is 1. The Kier molecular flexibility index (Phi) is 9.84. The third-order valence-electron chi connectivity index (χ3n) is 6.77. The van der Waals surface area contributed by atoms with E-state index in [0.29, 0.717) is 42.8 Å². The predicted octanol–water partition coefficient (Wildman–Crippen LogP) is 5.90. The summed E-state index contributed by atoms with van der Waals surface area (Å²) in [5, 5.41) is 1.49. The van der Waals surface area contributed by atoms with Crippen LogP contribution in [0.5, 0.6) is 11.5 Å². The van der Waals surface area contributed by atoms with Crippen LogP contribution in [-0.2, 0) is 27.8 Å². The standard InChI is InChI=1S/C31H36N2O5S2/c1-5-18-33(40(35,36)30-12-8-10-25-9-6-7-11-27(25)30)22-31(34)32(21-26-15-13-23(2)39-26)19-17-24-14-16-28(37-3)29(20-24)38-4/h6-16,20H,5,17-19,21-22H2,1-4H3. The fraction of sp³-hybridized carbons (Fsp3) is 0.323. The molecule has 1 heterocycles. The molecule has 40 heavy (non-hydrogen) atoms. The number of nitrogens with zero attached hydrogens (tertiary/aromatic N) is 2. The molecule has 1 aromatic heterocycles. The van der Waals surface area contributed by atoms with Crippen LogP contribution in [0.3, 0.4) is 0 Å². The Bertz CT molecular complexity index is 1560. The summed E-state index contributed by atoms with van der Waals surface area (Å²) < 4.78 is 39.9. The van der Waals surface area contributed by atoms with Crippen LogP contribution < -0.4 is 9.47 Å². The van der Waals surface area contributed by atoms with Gasteiger partial charge >= 0.3 is 0 Å². The summed E-state index contributed by atoms with van der Waals surface area (Å²) in [6.45, 7) is 4.82. The number of carbonyl (C=O) groups excluding carboxylic acids is 1. The molecule has 0 aliphatic heterocycles. The van der Waals surface area contributed by atoms with E-state index in [9.17, 15) is 13.2 Å². The summed E-state index contributed by atoms with van der Waals surface area (Å²) >= 11 is 1.64. The molecule has 212 valence electrons. The first kappa shape index (κ1) is 29.6. The SMILES string of the molecule is CCCN(CC(=O)N(CCc1ccc(OC)c(OC)c1)Cc1ccc(C)s1)S(=O)(=O)c1cccc2ccccc12. The Balaban J connectivity index is 1.60. The van der Waals surface area contributed by atoms with E-state index in [1.807, 2.05) is 74.5 Å². The Morgan fingerprint density at radius 2 is 1.65 bits per heavy atom. The number of carbonyl (C=O) groups is 1. The minimum atomic E-state index is -3.91. The molecule has 0 saturated carbocycles. The van der Waals surface area contributed by atoms with Crippen molar-refractivity contribution in [2.75, 3.05) is 33.9 Å². The first-order valence-corrected chi connectivity index (χ1v) is 15.5. The van der Waals surface area contributed by atoms with E-state index in [1.165, 1.54) is 4.31 Å². The molecule has 9 heteroatoms. The fourth-order valence-electron chi connectivity index (χ4n) is 4.69. The number of methoxy groups -OCH3 is 2. The summed E-state index contributed by atoms with van der Waals surface area (Å²) in [4.78, 5) is 18.0. The minimum absolute atomic E-state index is 0.220. The van der Waals surface area contributed by atoms with Gasteiger partial charge in [0.2, 0.25) is 15.9 Å². The molecule has 0 bridgehead atoms. The molecular formula is C31H36N2O5S2. The van der Waals surface area contributed by atoms with Crippen molar-refractivity contribution >= 4 is 38.0 Å². The molecule has 4 aromatic rings. The van der Waals surface area contributed by atoms with Crippen molar-refractivity contribution in [1.82, 2.24) is 9.21 Å². The molecule has 4 rings (SSSR count). The summed E-state index contributed by atoms with van der Waals surface area (Å²) in [5.74, 6) is 1.04. The van der Waals surface area contributed by atoms with Gasteiger partial charge in [-0.25, -0.2) is 8.42 Å². The number of fused-ring (bicyclic) bond motifs is 1. The van der Waals surface area contributed by atoms with Gasteiger partial charge < -0.3 is 14.4 Å². The van der Waals surface area contributed by atoms with Crippen LogP contribution in [0.4, 0.5) is 0 Å². The number of hydrogen-bond donors (Lipinski definition) is 0. The van der Waals surface area contributed by atoms with Crippen molar-refractivity contribution in [3.05, 3.63) is 88.1 Å². The molecular weight excluding hydrogens is 544 g/mol. The van der Waals surface area contributed by atoms with Crippen molar-refractivity contribution in [1.29, 1.82) is 0 Å². The molecule has 0 aliphatic rings. The van der Waals surface area contributed by atoms with Crippen LogP contribution in [-0.4, -0.2) is 57.4 Å². The van der Waals surface area contributed by atoms with Gasteiger partial charge in [0.15, 0.2) is 11.5 Å². The highest BCUT2D eigenvalue weighted by atomic mass is 32.2. The van der Waals surface area contributed by atoms with Crippen molar-refractivity contribution in [2.24, 2.45) is 0 Å².